The Labute approximate surface area is 202 Å². The molecule has 0 spiro atoms. The molecule has 0 aliphatic carbocycles. The number of carbonyl (C=O) groups is 2. The van der Waals surface area contributed by atoms with Crippen LogP contribution in [0.2, 0.25) is 0 Å². The molecule has 3 N–H and O–H groups in total. The second-order valence-electron chi connectivity index (χ2n) is 8.40. The monoisotopic (exact) mass is 498 g/mol. The Balaban J connectivity index is 1.47. The maximum absolute atomic E-state index is 13.0. The van der Waals surface area contributed by atoms with E-state index in [1.165, 1.54) is 17.0 Å². The second kappa shape index (κ2) is 10.4. The molecule has 0 saturated carbocycles. The van der Waals surface area contributed by atoms with E-state index in [-0.39, 0.29) is 31.0 Å². The molecule has 3 aromatic rings. The minimum atomic E-state index is -4.00. The molecule has 10 nitrogen and oxygen atoms in total. The summed E-state index contributed by atoms with van der Waals surface area (Å²) in [5, 5.41) is 9.99. The Bertz CT molecular complexity index is 1330. The van der Waals surface area contributed by atoms with Crippen LogP contribution in [0, 0.1) is 12.8 Å². The molecule has 2 amide bonds. The van der Waals surface area contributed by atoms with Crippen molar-refractivity contribution in [2.24, 2.45) is 5.92 Å². The van der Waals surface area contributed by atoms with Crippen molar-refractivity contribution in [3.8, 4) is 5.75 Å². The molecule has 11 heteroatoms. The Hall–Kier alpha value is -3.54. The summed E-state index contributed by atoms with van der Waals surface area (Å²) in [6.07, 6.45) is 0.822. The number of ether oxygens (including phenoxy) is 1. The van der Waals surface area contributed by atoms with Crippen molar-refractivity contribution < 1.29 is 28.0 Å². The van der Waals surface area contributed by atoms with Crippen molar-refractivity contribution in [2.45, 2.75) is 30.9 Å². The highest BCUT2D eigenvalue weighted by Crippen LogP contribution is 2.23. The average molecular weight is 499 g/mol. The summed E-state index contributed by atoms with van der Waals surface area (Å²) in [6.45, 7) is 2.51. The van der Waals surface area contributed by atoms with Crippen LogP contribution in [0.25, 0.3) is 10.9 Å². The lowest BCUT2D eigenvalue weighted by Gasteiger charge is -2.35. The number of hydroxylamine groups is 1. The fourth-order valence-electron chi connectivity index (χ4n) is 4.25. The Morgan fingerprint density at radius 1 is 1.23 bits per heavy atom. The summed E-state index contributed by atoms with van der Waals surface area (Å²) < 4.78 is 34.3. The number of piperidine rings is 1. The summed E-state index contributed by atoms with van der Waals surface area (Å²) >= 11 is 0. The summed E-state index contributed by atoms with van der Waals surface area (Å²) in [7, 11) is -4.00. The number of nitrogens with zero attached hydrogens (tertiary/aromatic N) is 2. The van der Waals surface area contributed by atoms with Crippen LogP contribution in [0.4, 0.5) is 0 Å². The van der Waals surface area contributed by atoms with E-state index in [9.17, 15) is 18.0 Å². The number of pyridine rings is 1. The van der Waals surface area contributed by atoms with E-state index >= 15 is 0 Å². The van der Waals surface area contributed by atoms with Crippen molar-refractivity contribution in [1.82, 2.24) is 20.1 Å². The summed E-state index contributed by atoms with van der Waals surface area (Å²) in [5.41, 5.74) is 4.29. The van der Waals surface area contributed by atoms with Gasteiger partial charge >= 0.3 is 0 Å². The van der Waals surface area contributed by atoms with Crippen LogP contribution in [0.15, 0.2) is 59.5 Å². The van der Waals surface area contributed by atoms with E-state index in [4.69, 9.17) is 9.94 Å². The van der Waals surface area contributed by atoms with E-state index in [0.717, 1.165) is 22.2 Å². The molecule has 2 heterocycles. The molecular formula is C24H26N4O6S. The first-order chi connectivity index (χ1) is 16.8. The number of para-hydroxylation sites is 1. The van der Waals surface area contributed by atoms with Gasteiger partial charge in [-0.3, -0.25) is 19.8 Å². The SMILES string of the molecule is Cc1cc(COc2ccc(S(=O)(=O)N[C@@H]3CN(C=O)CCC3C(=O)NO)cc2)c2ccccc2n1. The highest BCUT2D eigenvalue weighted by molar-refractivity contribution is 7.89. The molecule has 35 heavy (non-hydrogen) atoms. The molecule has 1 aliphatic rings. The van der Waals surface area contributed by atoms with Crippen LogP contribution < -0.4 is 14.9 Å². The van der Waals surface area contributed by atoms with Crippen LogP contribution in [-0.2, 0) is 26.2 Å². The number of likely N-dealkylation sites (tertiary alicyclic amines) is 1. The molecule has 1 fully saturated rings. The van der Waals surface area contributed by atoms with Crippen LogP contribution in [0.5, 0.6) is 5.75 Å². The fraction of sp³-hybridized carbons (Fsp3) is 0.292. The van der Waals surface area contributed by atoms with Gasteiger partial charge < -0.3 is 9.64 Å². The van der Waals surface area contributed by atoms with E-state index in [2.05, 4.69) is 9.71 Å². The maximum Gasteiger partial charge on any atom is 0.248 e. The lowest BCUT2D eigenvalue weighted by atomic mass is 9.92. The van der Waals surface area contributed by atoms with Crippen LogP contribution in [0.1, 0.15) is 17.7 Å². The third-order valence-electron chi connectivity index (χ3n) is 6.01. The van der Waals surface area contributed by atoms with Gasteiger partial charge in [-0.2, -0.15) is 0 Å². The maximum atomic E-state index is 13.0. The number of carbonyl (C=O) groups excluding carboxylic acids is 2. The van der Waals surface area contributed by atoms with E-state index in [0.29, 0.717) is 12.2 Å². The van der Waals surface area contributed by atoms with E-state index in [1.54, 1.807) is 17.6 Å². The molecular weight excluding hydrogens is 472 g/mol. The van der Waals surface area contributed by atoms with Gasteiger partial charge in [-0.15, -0.1) is 0 Å². The molecule has 2 atom stereocenters. The van der Waals surface area contributed by atoms with E-state index in [1.807, 2.05) is 37.3 Å². The number of amides is 2. The highest BCUT2D eigenvalue weighted by Gasteiger charge is 2.36. The number of rotatable bonds is 8. The van der Waals surface area contributed by atoms with Gasteiger partial charge in [-0.1, -0.05) is 18.2 Å². The fourth-order valence-corrected chi connectivity index (χ4v) is 5.51. The zero-order valence-corrected chi connectivity index (χ0v) is 19.9. The number of sulfonamides is 1. The predicted octanol–water partition coefficient (Wildman–Crippen LogP) is 1.75. The first-order valence-corrected chi connectivity index (χ1v) is 12.5. The molecule has 1 aromatic heterocycles. The number of aryl methyl sites for hydroxylation is 1. The Kier molecular flexibility index (Phi) is 7.29. The number of benzene rings is 2. The van der Waals surface area contributed by atoms with Gasteiger partial charge in [0.05, 0.1) is 22.4 Å². The van der Waals surface area contributed by atoms with Crippen molar-refractivity contribution in [3.63, 3.8) is 0 Å². The molecule has 4 rings (SSSR count). The van der Waals surface area contributed by atoms with Gasteiger partial charge in [-0.05, 0) is 49.7 Å². The van der Waals surface area contributed by atoms with Gasteiger partial charge in [0, 0.05) is 29.7 Å². The van der Waals surface area contributed by atoms with Crippen molar-refractivity contribution in [1.29, 1.82) is 0 Å². The first kappa shape index (κ1) is 24.6. The standard InChI is InChI=1S/C24H26N4O6S/c1-16-12-17(20-4-2-3-5-22(20)25-16)14-34-18-6-8-19(9-7-18)35(32,33)27-23-13-28(15-29)11-10-21(23)24(30)26-31/h2-9,12,15,21,23,27,31H,10-11,13-14H2,1H3,(H,26,30)/t21?,23-/m1/s1. The van der Waals surface area contributed by atoms with Gasteiger partial charge in [0.25, 0.3) is 0 Å². The second-order valence-corrected chi connectivity index (χ2v) is 10.1. The first-order valence-electron chi connectivity index (χ1n) is 11.0. The topological polar surface area (TPSA) is 138 Å². The van der Waals surface area contributed by atoms with Gasteiger partial charge in [0.1, 0.15) is 12.4 Å². The lowest BCUT2D eigenvalue weighted by Crippen LogP contribution is -2.55. The largest absolute Gasteiger partial charge is 0.489 e. The molecule has 0 bridgehead atoms. The Morgan fingerprint density at radius 3 is 2.69 bits per heavy atom. The minimum absolute atomic E-state index is 0.0126. The van der Waals surface area contributed by atoms with Crippen LogP contribution >= 0.6 is 0 Å². The minimum Gasteiger partial charge on any atom is -0.489 e. The molecule has 0 radical (unpaired) electrons. The molecule has 1 unspecified atom stereocenters. The van der Waals surface area contributed by atoms with Crippen molar-refractivity contribution in [2.75, 3.05) is 13.1 Å². The molecule has 184 valence electrons. The molecule has 1 saturated heterocycles. The third kappa shape index (κ3) is 5.59. The lowest BCUT2D eigenvalue weighted by molar-refractivity contribution is -0.137. The normalized spacial score (nSPS) is 18.3. The summed E-state index contributed by atoms with van der Waals surface area (Å²) in [4.78, 5) is 29.1. The van der Waals surface area contributed by atoms with Crippen LogP contribution in [0.3, 0.4) is 0 Å². The molecule has 2 aromatic carbocycles. The van der Waals surface area contributed by atoms with Crippen LogP contribution in [-0.4, -0.2) is 55.0 Å². The Morgan fingerprint density at radius 2 is 1.97 bits per heavy atom. The number of hydrogen-bond acceptors (Lipinski definition) is 7. The predicted molar refractivity (Wildman–Crippen MR) is 127 cm³/mol. The summed E-state index contributed by atoms with van der Waals surface area (Å²) in [5.74, 6) is -1.03. The summed E-state index contributed by atoms with van der Waals surface area (Å²) in [6, 6.07) is 14.8. The highest BCUT2D eigenvalue weighted by atomic mass is 32.2. The number of aromatic nitrogens is 1. The number of hydrogen-bond donors (Lipinski definition) is 3. The van der Waals surface area contributed by atoms with Crippen molar-refractivity contribution in [3.05, 3.63) is 65.9 Å². The number of fused-ring (bicyclic) bond motifs is 1. The van der Waals surface area contributed by atoms with Gasteiger partial charge in [-0.25, -0.2) is 18.6 Å². The smallest absolute Gasteiger partial charge is 0.248 e. The number of nitrogens with one attached hydrogen (secondary N) is 2. The van der Waals surface area contributed by atoms with Gasteiger partial charge in [0.2, 0.25) is 22.3 Å². The third-order valence-corrected chi connectivity index (χ3v) is 7.51. The van der Waals surface area contributed by atoms with E-state index < -0.39 is 27.9 Å². The quantitative estimate of drug-likeness (QED) is 0.244. The molecule has 1 aliphatic heterocycles. The zero-order chi connectivity index (χ0) is 25.0. The zero-order valence-electron chi connectivity index (χ0n) is 19.0. The van der Waals surface area contributed by atoms with Gasteiger partial charge in [0.15, 0.2) is 0 Å². The van der Waals surface area contributed by atoms with Crippen molar-refractivity contribution >= 4 is 33.2 Å². The average Bonchev–Trinajstić information content (AvgIpc) is 2.86.